The van der Waals surface area contributed by atoms with Gasteiger partial charge in [0.2, 0.25) is 0 Å². The molecule has 0 heterocycles. The standard InChI is InChI=1S/C9H16N2S/c1-8(6-11)12-7-9(2-3-9)4-5-10/h8H,2-4,6-7,11H2,1H3. The second-order valence-corrected chi connectivity index (χ2v) is 5.12. The van der Waals surface area contributed by atoms with Crippen LogP contribution in [-0.4, -0.2) is 17.5 Å². The third-order valence-electron chi connectivity index (χ3n) is 2.42. The molecule has 0 radical (unpaired) electrons. The zero-order valence-electron chi connectivity index (χ0n) is 7.55. The molecule has 1 aliphatic carbocycles. The molecule has 1 rings (SSSR count). The first kappa shape index (κ1) is 9.88. The lowest BCUT2D eigenvalue weighted by Gasteiger charge is -2.13. The van der Waals surface area contributed by atoms with Crippen molar-refractivity contribution in [3.05, 3.63) is 0 Å². The third-order valence-corrected chi connectivity index (χ3v) is 3.96. The van der Waals surface area contributed by atoms with Crippen LogP contribution < -0.4 is 5.73 Å². The summed E-state index contributed by atoms with van der Waals surface area (Å²) in [5.74, 6) is 1.12. The first-order valence-electron chi connectivity index (χ1n) is 4.41. The van der Waals surface area contributed by atoms with Crippen LogP contribution in [0.25, 0.3) is 0 Å². The Balaban J connectivity index is 2.19. The molecule has 2 nitrogen and oxygen atoms in total. The third kappa shape index (κ3) is 2.69. The van der Waals surface area contributed by atoms with Gasteiger partial charge in [0.05, 0.1) is 6.07 Å². The van der Waals surface area contributed by atoms with Crippen molar-refractivity contribution in [1.29, 1.82) is 5.26 Å². The molecule has 0 aromatic rings. The van der Waals surface area contributed by atoms with Crippen LogP contribution in [0.4, 0.5) is 0 Å². The highest BCUT2D eigenvalue weighted by Gasteiger charge is 2.42. The van der Waals surface area contributed by atoms with Gasteiger partial charge < -0.3 is 5.73 Å². The minimum Gasteiger partial charge on any atom is -0.329 e. The number of nitriles is 1. The smallest absolute Gasteiger partial charge is 0.0627 e. The Labute approximate surface area is 78.5 Å². The van der Waals surface area contributed by atoms with Gasteiger partial charge in [-0.2, -0.15) is 17.0 Å². The number of rotatable bonds is 5. The minimum absolute atomic E-state index is 0.378. The molecule has 0 bridgehead atoms. The Morgan fingerprint density at radius 2 is 2.33 bits per heavy atom. The maximum atomic E-state index is 8.58. The van der Waals surface area contributed by atoms with Gasteiger partial charge in [-0.25, -0.2) is 0 Å². The highest BCUT2D eigenvalue weighted by Crippen LogP contribution is 2.51. The van der Waals surface area contributed by atoms with Crippen molar-refractivity contribution in [2.75, 3.05) is 12.3 Å². The quantitative estimate of drug-likeness (QED) is 0.708. The molecular formula is C9H16N2S. The predicted molar refractivity (Wildman–Crippen MR) is 52.9 cm³/mol. The zero-order chi connectivity index (χ0) is 9.03. The van der Waals surface area contributed by atoms with E-state index in [1.807, 2.05) is 11.8 Å². The van der Waals surface area contributed by atoms with E-state index in [1.165, 1.54) is 12.8 Å². The molecule has 0 spiro atoms. The second kappa shape index (κ2) is 4.15. The molecular weight excluding hydrogens is 168 g/mol. The van der Waals surface area contributed by atoms with E-state index in [0.29, 0.717) is 10.7 Å². The molecule has 68 valence electrons. The number of hydrogen-bond donors (Lipinski definition) is 1. The Morgan fingerprint density at radius 3 is 2.75 bits per heavy atom. The van der Waals surface area contributed by atoms with Crippen LogP contribution in [-0.2, 0) is 0 Å². The number of nitrogens with zero attached hydrogens (tertiary/aromatic N) is 1. The Hall–Kier alpha value is -0.200. The summed E-state index contributed by atoms with van der Waals surface area (Å²) in [5.41, 5.74) is 5.89. The molecule has 0 saturated heterocycles. The number of hydrogen-bond acceptors (Lipinski definition) is 3. The number of thioether (sulfide) groups is 1. The summed E-state index contributed by atoms with van der Waals surface area (Å²) in [6, 6.07) is 2.27. The molecule has 0 aromatic carbocycles. The Kier molecular flexibility index (Phi) is 3.42. The molecule has 0 aliphatic heterocycles. The van der Waals surface area contributed by atoms with Gasteiger partial charge >= 0.3 is 0 Å². The van der Waals surface area contributed by atoms with Crippen LogP contribution in [0.5, 0.6) is 0 Å². The van der Waals surface area contributed by atoms with Gasteiger partial charge in [-0.3, -0.25) is 0 Å². The maximum absolute atomic E-state index is 8.58. The zero-order valence-corrected chi connectivity index (χ0v) is 8.36. The fourth-order valence-corrected chi connectivity index (χ4v) is 2.27. The van der Waals surface area contributed by atoms with Crippen molar-refractivity contribution in [1.82, 2.24) is 0 Å². The summed E-state index contributed by atoms with van der Waals surface area (Å²) in [4.78, 5) is 0. The molecule has 1 saturated carbocycles. The average Bonchev–Trinajstić information content (AvgIpc) is 2.82. The normalized spacial score (nSPS) is 21.4. The van der Waals surface area contributed by atoms with Crippen molar-refractivity contribution < 1.29 is 0 Å². The predicted octanol–water partition coefficient (Wildman–Crippen LogP) is 1.76. The van der Waals surface area contributed by atoms with Crippen molar-refractivity contribution in [3.63, 3.8) is 0 Å². The summed E-state index contributed by atoms with van der Waals surface area (Å²) >= 11 is 1.91. The van der Waals surface area contributed by atoms with Crippen LogP contribution in [0.2, 0.25) is 0 Å². The van der Waals surface area contributed by atoms with Crippen molar-refractivity contribution in [2.45, 2.75) is 31.4 Å². The second-order valence-electron chi connectivity index (χ2n) is 3.69. The molecule has 3 heteroatoms. The van der Waals surface area contributed by atoms with E-state index in [0.717, 1.165) is 18.7 Å². The van der Waals surface area contributed by atoms with E-state index in [9.17, 15) is 0 Å². The molecule has 2 N–H and O–H groups in total. The van der Waals surface area contributed by atoms with Gasteiger partial charge in [0.25, 0.3) is 0 Å². The van der Waals surface area contributed by atoms with Gasteiger partial charge in [0.1, 0.15) is 0 Å². The summed E-state index contributed by atoms with van der Waals surface area (Å²) in [6.45, 7) is 2.89. The first-order valence-corrected chi connectivity index (χ1v) is 5.46. The van der Waals surface area contributed by atoms with E-state index in [4.69, 9.17) is 11.0 Å². The van der Waals surface area contributed by atoms with Gasteiger partial charge in [-0.15, -0.1) is 0 Å². The Morgan fingerprint density at radius 1 is 1.67 bits per heavy atom. The van der Waals surface area contributed by atoms with E-state index >= 15 is 0 Å². The van der Waals surface area contributed by atoms with Gasteiger partial charge in [0, 0.05) is 24.0 Å². The Bertz CT molecular complexity index is 181. The summed E-state index contributed by atoms with van der Waals surface area (Å²) < 4.78 is 0. The van der Waals surface area contributed by atoms with E-state index in [2.05, 4.69) is 13.0 Å². The summed E-state index contributed by atoms with van der Waals surface area (Å²) in [7, 11) is 0. The SMILES string of the molecule is CC(CN)SCC1(CC#N)CC1. The van der Waals surface area contributed by atoms with Gasteiger partial charge in [-0.05, 0) is 18.3 Å². The number of nitrogens with two attached hydrogens (primary N) is 1. The van der Waals surface area contributed by atoms with Crippen LogP contribution in [0, 0.1) is 16.7 Å². The van der Waals surface area contributed by atoms with Gasteiger partial charge in [0.15, 0.2) is 0 Å². The lowest BCUT2D eigenvalue weighted by atomic mass is 10.1. The highest BCUT2D eigenvalue weighted by molar-refractivity contribution is 7.99. The lowest BCUT2D eigenvalue weighted by Crippen LogP contribution is -2.15. The molecule has 1 unspecified atom stereocenters. The van der Waals surface area contributed by atoms with E-state index in [-0.39, 0.29) is 0 Å². The van der Waals surface area contributed by atoms with Crippen LogP contribution >= 0.6 is 11.8 Å². The first-order chi connectivity index (χ1) is 5.72. The van der Waals surface area contributed by atoms with Crippen molar-refractivity contribution in [3.8, 4) is 6.07 Å². The fourth-order valence-electron chi connectivity index (χ4n) is 1.10. The monoisotopic (exact) mass is 184 g/mol. The minimum atomic E-state index is 0.378. The molecule has 1 atom stereocenters. The molecule has 12 heavy (non-hydrogen) atoms. The fraction of sp³-hybridized carbons (Fsp3) is 0.889. The largest absolute Gasteiger partial charge is 0.329 e. The van der Waals surface area contributed by atoms with Crippen molar-refractivity contribution in [2.24, 2.45) is 11.1 Å². The van der Waals surface area contributed by atoms with Crippen molar-refractivity contribution >= 4 is 11.8 Å². The topological polar surface area (TPSA) is 49.8 Å². The van der Waals surface area contributed by atoms with Crippen LogP contribution in [0.15, 0.2) is 0 Å². The van der Waals surface area contributed by atoms with E-state index < -0.39 is 0 Å². The summed E-state index contributed by atoms with van der Waals surface area (Å²) in [5, 5.41) is 9.12. The molecule has 0 aromatic heterocycles. The lowest BCUT2D eigenvalue weighted by molar-refractivity contribution is 0.603. The molecule has 1 aliphatic rings. The average molecular weight is 184 g/mol. The highest BCUT2D eigenvalue weighted by atomic mass is 32.2. The van der Waals surface area contributed by atoms with Gasteiger partial charge in [-0.1, -0.05) is 6.92 Å². The van der Waals surface area contributed by atoms with E-state index in [1.54, 1.807) is 0 Å². The summed E-state index contributed by atoms with van der Waals surface area (Å²) in [6.07, 6.45) is 3.22. The maximum Gasteiger partial charge on any atom is 0.0627 e. The van der Waals surface area contributed by atoms with Crippen LogP contribution in [0.1, 0.15) is 26.2 Å². The molecule has 0 amide bonds. The molecule has 1 fully saturated rings. The van der Waals surface area contributed by atoms with Crippen LogP contribution in [0.3, 0.4) is 0 Å².